The summed E-state index contributed by atoms with van der Waals surface area (Å²) in [4.78, 5) is 12.4. The Labute approximate surface area is 196 Å². The first-order chi connectivity index (χ1) is 14.8. The van der Waals surface area contributed by atoms with Crippen molar-refractivity contribution in [3.8, 4) is 0 Å². The van der Waals surface area contributed by atoms with Crippen molar-refractivity contribution in [2.24, 2.45) is 0 Å². The Morgan fingerprint density at radius 1 is 1.03 bits per heavy atom. The van der Waals surface area contributed by atoms with Crippen LogP contribution >= 0.6 is 34.8 Å². The molecule has 0 bridgehead atoms. The predicted molar refractivity (Wildman–Crippen MR) is 126 cm³/mol. The van der Waals surface area contributed by atoms with Gasteiger partial charge >= 0.3 is 0 Å². The summed E-state index contributed by atoms with van der Waals surface area (Å²) in [5, 5.41) is 0.427. The van der Waals surface area contributed by atoms with E-state index < -0.39 is 10.0 Å². The van der Waals surface area contributed by atoms with Crippen LogP contribution < -0.4 is 4.90 Å². The van der Waals surface area contributed by atoms with Crippen molar-refractivity contribution in [1.29, 1.82) is 0 Å². The Bertz CT molecular complexity index is 1160. The lowest BCUT2D eigenvalue weighted by molar-refractivity contribution is 0.243. The normalized spacial score (nSPS) is 15.8. The summed E-state index contributed by atoms with van der Waals surface area (Å²) in [6.45, 7) is 4.22. The molecule has 0 amide bonds. The van der Waals surface area contributed by atoms with Gasteiger partial charge in [0.25, 0.3) is 0 Å². The molecule has 3 aromatic rings. The molecule has 1 aliphatic heterocycles. The van der Waals surface area contributed by atoms with Gasteiger partial charge in [0.15, 0.2) is 0 Å². The second kappa shape index (κ2) is 9.13. The largest absolute Gasteiger partial charge is 0.340 e. The number of nitrogens with one attached hydrogen (secondary N) is 1. The number of nitrogens with zero attached hydrogens (tertiary/aromatic N) is 4. The number of fused-ring (bicyclic) bond motifs is 1. The fourth-order valence-corrected chi connectivity index (χ4v) is 5.68. The Kier molecular flexibility index (Phi) is 6.67. The van der Waals surface area contributed by atoms with Gasteiger partial charge in [0.1, 0.15) is 4.90 Å². The minimum absolute atomic E-state index is 0.0410. The molecule has 31 heavy (non-hydrogen) atoms. The maximum atomic E-state index is 12.9. The van der Waals surface area contributed by atoms with Crippen LogP contribution in [0.25, 0.3) is 11.0 Å². The summed E-state index contributed by atoms with van der Waals surface area (Å²) >= 11 is 18.0. The van der Waals surface area contributed by atoms with Crippen LogP contribution in [0.15, 0.2) is 41.3 Å². The summed E-state index contributed by atoms with van der Waals surface area (Å²) < 4.78 is 27.1. The zero-order valence-corrected chi connectivity index (χ0v) is 19.9. The van der Waals surface area contributed by atoms with Gasteiger partial charge in [-0.3, -0.25) is 4.90 Å². The van der Waals surface area contributed by atoms with E-state index in [1.807, 2.05) is 24.3 Å². The molecular formula is C20H22Cl3N5O2S. The standard InChI is InChI=1S/C20H22Cl3N5O2S/c1-26(31(29,30)19-13-15(22)14(21)12-16(19)23)6-7-27-8-10-28(11-9-27)20-24-17-4-2-3-5-18(17)25-20/h2-5,12-13H,6-11H2,1H3,(H,24,25). The van der Waals surface area contributed by atoms with Crippen LogP contribution in [-0.2, 0) is 10.0 Å². The van der Waals surface area contributed by atoms with Crippen LogP contribution in [-0.4, -0.2) is 73.9 Å². The number of rotatable bonds is 6. The zero-order chi connectivity index (χ0) is 22.2. The molecule has 2 aromatic carbocycles. The highest BCUT2D eigenvalue weighted by atomic mass is 35.5. The third kappa shape index (κ3) is 4.79. The number of benzene rings is 2. The number of anilines is 1. The maximum Gasteiger partial charge on any atom is 0.244 e. The molecule has 1 saturated heterocycles. The highest BCUT2D eigenvalue weighted by molar-refractivity contribution is 7.89. The second-order valence-corrected chi connectivity index (χ2v) is 10.7. The summed E-state index contributed by atoms with van der Waals surface area (Å²) in [5.74, 6) is 0.870. The first-order valence-electron chi connectivity index (χ1n) is 9.78. The number of halogens is 3. The molecule has 0 unspecified atom stereocenters. The molecule has 0 saturated carbocycles. The molecule has 1 fully saturated rings. The number of aromatic nitrogens is 2. The number of sulfonamides is 1. The van der Waals surface area contributed by atoms with Crippen LogP contribution in [0.1, 0.15) is 0 Å². The van der Waals surface area contributed by atoms with E-state index in [4.69, 9.17) is 34.8 Å². The van der Waals surface area contributed by atoms with Gasteiger partial charge in [-0.1, -0.05) is 46.9 Å². The minimum atomic E-state index is -3.77. The monoisotopic (exact) mass is 501 g/mol. The summed E-state index contributed by atoms with van der Waals surface area (Å²) in [6, 6.07) is 10.6. The van der Waals surface area contributed by atoms with E-state index in [1.165, 1.54) is 16.4 Å². The molecule has 0 atom stereocenters. The van der Waals surface area contributed by atoms with E-state index in [1.54, 1.807) is 7.05 Å². The van der Waals surface area contributed by atoms with Crippen molar-refractivity contribution in [2.75, 3.05) is 51.2 Å². The van der Waals surface area contributed by atoms with Crippen molar-refractivity contribution < 1.29 is 8.42 Å². The number of hydrogen-bond donors (Lipinski definition) is 1. The van der Waals surface area contributed by atoms with E-state index in [-0.39, 0.29) is 20.0 Å². The smallest absolute Gasteiger partial charge is 0.244 e. The van der Waals surface area contributed by atoms with E-state index in [2.05, 4.69) is 19.8 Å². The van der Waals surface area contributed by atoms with Gasteiger partial charge in [-0.05, 0) is 24.3 Å². The Morgan fingerprint density at radius 3 is 2.42 bits per heavy atom. The van der Waals surface area contributed by atoms with Crippen LogP contribution in [0, 0.1) is 0 Å². The number of para-hydroxylation sites is 2. The minimum Gasteiger partial charge on any atom is -0.340 e. The highest BCUT2D eigenvalue weighted by Gasteiger charge is 2.26. The van der Waals surface area contributed by atoms with Gasteiger partial charge in [-0.2, -0.15) is 4.31 Å². The first-order valence-corrected chi connectivity index (χ1v) is 12.4. The lowest BCUT2D eigenvalue weighted by atomic mass is 10.3. The van der Waals surface area contributed by atoms with Crippen molar-refractivity contribution in [2.45, 2.75) is 4.90 Å². The van der Waals surface area contributed by atoms with Crippen LogP contribution in [0.4, 0.5) is 5.95 Å². The molecule has 7 nitrogen and oxygen atoms in total. The van der Waals surface area contributed by atoms with Crippen LogP contribution in [0.3, 0.4) is 0 Å². The van der Waals surface area contributed by atoms with E-state index in [0.717, 1.165) is 43.2 Å². The van der Waals surface area contributed by atoms with Gasteiger partial charge in [0, 0.05) is 46.3 Å². The van der Waals surface area contributed by atoms with Crippen LogP contribution in [0.2, 0.25) is 15.1 Å². The number of imidazole rings is 1. The van der Waals surface area contributed by atoms with E-state index in [9.17, 15) is 8.42 Å². The predicted octanol–water partition coefficient (Wildman–Crippen LogP) is 3.97. The average Bonchev–Trinajstić information content (AvgIpc) is 3.19. The molecule has 2 heterocycles. The SMILES string of the molecule is CN(CCN1CCN(c2nc3ccccc3[nH]2)CC1)S(=O)(=O)c1cc(Cl)c(Cl)cc1Cl. The van der Waals surface area contributed by atoms with Crippen molar-refractivity contribution >= 4 is 61.8 Å². The second-order valence-electron chi connectivity index (χ2n) is 7.43. The lowest BCUT2D eigenvalue weighted by Gasteiger charge is -2.35. The third-order valence-corrected chi connectivity index (χ3v) is 8.49. The molecule has 0 spiro atoms. The fourth-order valence-electron chi connectivity index (χ4n) is 3.54. The molecule has 0 aliphatic carbocycles. The fraction of sp³-hybridized carbons (Fsp3) is 0.350. The molecular weight excluding hydrogens is 481 g/mol. The molecule has 11 heteroatoms. The number of aromatic amines is 1. The Balaban J connectivity index is 1.34. The molecule has 1 N–H and O–H groups in total. The number of hydrogen-bond acceptors (Lipinski definition) is 5. The first kappa shape index (κ1) is 22.6. The Hall–Kier alpha value is -1.55. The van der Waals surface area contributed by atoms with Gasteiger partial charge in [-0.15, -0.1) is 0 Å². The number of likely N-dealkylation sites (N-methyl/N-ethyl adjacent to an activating group) is 1. The summed E-state index contributed by atoms with van der Waals surface area (Å²) in [6.07, 6.45) is 0. The summed E-state index contributed by atoms with van der Waals surface area (Å²) in [5.41, 5.74) is 1.97. The number of H-pyrrole nitrogens is 1. The molecule has 4 rings (SSSR count). The Morgan fingerprint density at radius 2 is 1.71 bits per heavy atom. The third-order valence-electron chi connectivity index (χ3n) is 5.44. The molecule has 1 aliphatic rings. The van der Waals surface area contributed by atoms with Gasteiger partial charge in [0.2, 0.25) is 16.0 Å². The average molecular weight is 503 g/mol. The highest BCUT2D eigenvalue weighted by Crippen LogP contribution is 2.32. The van der Waals surface area contributed by atoms with Gasteiger partial charge in [-0.25, -0.2) is 13.4 Å². The van der Waals surface area contributed by atoms with Crippen molar-refractivity contribution in [3.63, 3.8) is 0 Å². The van der Waals surface area contributed by atoms with Gasteiger partial charge in [0.05, 0.1) is 26.1 Å². The van der Waals surface area contributed by atoms with E-state index >= 15 is 0 Å². The quantitative estimate of drug-likeness (QED) is 0.517. The molecule has 166 valence electrons. The lowest BCUT2D eigenvalue weighted by Crippen LogP contribution is -2.49. The summed E-state index contributed by atoms with van der Waals surface area (Å²) in [7, 11) is -2.23. The number of piperazine rings is 1. The molecule has 0 radical (unpaired) electrons. The van der Waals surface area contributed by atoms with Crippen molar-refractivity contribution in [1.82, 2.24) is 19.2 Å². The molecule has 1 aromatic heterocycles. The maximum absolute atomic E-state index is 12.9. The topological polar surface area (TPSA) is 72.5 Å². The van der Waals surface area contributed by atoms with Gasteiger partial charge < -0.3 is 9.88 Å². The van der Waals surface area contributed by atoms with Crippen molar-refractivity contribution in [3.05, 3.63) is 51.5 Å². The van der Waals surface area contributed by atoms with Crippen LogP contribution in [0.5, 0.6) is 0 Å². The van der Waals surface area contributed by atoms with E-state index in [0.29, 0.717) is 13.1 Å². The zero-order valence-electron chi connectivity index (χ0n) is 16.9.